The molecular formula is C13H24N2O. The Balaban J connectivity index is 2.21. The molecule has 16 heavy (non-hydrogen) atoms. The Morgan fingerprint density at radius 1 is 1.50 bits per heavy atom. The third kappa shape index (κ3) is 4.79. The van der Waals surface area contributed by atoms with Crippen LogP contribution in [0.15, 0.2) is 11.6 Å². The predicted octanol–water partition coefficient (Wildman–Crippen LogP) is 1.70. The maximum absolute atomic E-state index is 11.6. The first kappa shape index (κ1) is 13.2. The van der Waals surface area contributed by atoms with Crippen molar-refractivity contribution in [3.63, 3.8) is 0 Å². The second-order valence-electron chi connectivity index (χ2n) is 5.02. The minimum absolute atomic E-state index is 0.181. The van der Waals surface area contributed by atoms with Gasteiger partial charge in [-0.25, -0.2) is 0 Å². The van der Waals surface area contributed by atoms with Gasteiger partial charge in [0.25, 0.3) is 0 Å². The molecule has 0 saturated heterocycles. The van der Waals surface area contributed by atoms with Gasteiger partial charge in [0.15, 0.2) is 0 Å². The van der Waals surface area contributed by atoms with Crippen LogP contribution < -0.4 is 10.6 Å². The van der Waals surface area contributed by atoms with Crippen LogP contribution in [0, 0.1) is 11.8 Å². The van der Waals surface area contributed by atoms with E-state index in [0.29, 0.717) is 18.3 Å². The van der Waals surface area contributed by atoms with E-state index in [0.717, 1.165) is 26.1 Å². The van der Waals surface area contributed by atoms with Crippen molar-refractivity contribution in [1.82, 2.24) is 10.6 Å². The van der Waals surface area contributed by atoms with Crippen molar-refractivity contribution in [1.29, 1.82) is 0 Å². The molecule has 3 nitrogen and oxygen atoms in total. The van der Waals surface area contributed by atoms with Crippen LogP contribution in [0.1, 0.15) is 33.6 Å². The fraction of sp³-hybridized carbons (Fsp3) is 0.769. The Bertz CT molecular complexity index is 259. The number of hydrogen-bond donors (Lipinski definition) is 2. The molecule has 1 aliphatic heterocycles. The smallest absolute Gasteiger partial charge is 0.220 e. The summed E-state index contributed by atoms with van der Waals surface area (Å²) in [5.74, 6) is 1.21. The fourth-order valence-electron chi connectivity index (χ4n) is 1.64. The lowest BCUT2D eigenvalue weighted by molar-refractivity contribution is -0.122. The van der Waals surface area contributed by atoms with Crippen molar-refractivity contribution in [3.8, 4) is 0 Å². The van der Waals surface area contributed by atoms with E-state index in [1.807, 2.05) is 0 Å². The van der Waals surface area contributed by atoms with Gasteiger partial charge in [0.05, 0.1) is 0 Å². The molecule has 1 unspecified atom stereocenters. The van der Waals surface area contributed by atoms with Crippen molar-refractivity contribution >= 4 is 5.91 Å². The first-order chi connectivity index (χ1) is 7.59. The lowest BCUT2D eigenvalue weighted by Gasteiger charge is -2.17. The molecule has 1 amide bonds. The maximum atomic E-state index is 11.6. The summed E-state index contributed by atoms with van der Waals surface area (Å²) in [4.78, 5) is 11.6. The van der Waals surface area contributed by atoms with Crippen LogP contribution in [0.5, 0.6) is 0 Å². The summed E-state index contributed by atoms with van der Waals surface area (Å²) in [6, 6.07) is 0. The van der Waals surface area contributed by atoms with Crippen molar-refractivity contribution in [2.24, 2.45) is 11.8 Å². The normalized spacial score (nSPS) is 18.1. The van der Waals surface area contributed by atoms with Gasteiger partial charge in [-0.05, 0) is 24.8 Å². The highest BCUT2D eigenvalue weighted by molar-refractivity contribution is 5.76. The molecule has 3 heteroatoms. The third-order valence-electron chi connectivity index (χ3n) is 3.32. The lowest BCUT2D eigenvalue weighted by atomic mass is 9.94. The van der Waals surface area contributed by atoms with Gasteiger partial charge in [-0.2, -0.15) is 0 Å². The number of carbonyl (C=O) groups is 1. The van der Waals surface area contributed by atoms with Crippen LogP contribution >= 0.6 is 0 Å². The summed E-state index contributed by atoms with van der Waals surface area (Å²) in [5, 5.41) is 6.26. The van der Waals surface area contributed by atoms with E-state index in [2.05, 4.69) is 37.5 Å². The van der Waals surface area contributed by atoms with E-state index in [-0.39, 0.29) is 5.91 Å². The molecule has 0 aliphatic carbocycles. The zero-order valence-electron chi connectivity index (χ0n) is 10.7. The molecule has 92 valence electrons. The average Bonchev–Trinajstić information content (AvgIpc) is 2.27. The molecular weight excluding hydrogens is 200 g/mol. The highest BCUT2D eigenvalue weighted by Gasteiger charge is 2.12. The summed E-state index contributed by atoms with van der Waals surface area (Å²) >= 11 is 0. The summed E-state index contributed by atoms with van der Waals surface area (Å²) in [5.41, 5.74) is 1.35. The molecule has 0 bridgehead atoms. The Labute approximate surface area is 98.7 Å². The Morgan fingerprint density at radius 3 is 2.81 bits per heavy atom. The first-order valence-electron chi connectivity index (χ1n) is 6.25. The molecule has 0 spiro atoms. The van der Waals surface area contributed by atoms with E-state index in [9.17, 15) is 4.79 Å². The quantitative estimate of drug-likeness (QED) is 0.698. The van der Waals surface area contributed by atoms with Crippen molar-refractivity contribution in [2.45, 2.75) is 33.6 Å². The largest absolute Gasteiger partial charge is 0.352 e. The molecule has 1 atom stereocenters. The van der Waals surface area contributed by atoms with Gasteiger partial charge in [0.1, 0.15) is 0 Å². The van der Waals surface area contributed by atoms with E-state index in [4.69, 9.17) is 0 Å². The molecule has 1 heterocycles. The van der Waals surface area contributed by atoms with Crippen molar-refractivity contribution < 1.29 is 4.79 Å². The molecule has 0 aromatic carbocycles. The molecule has 0 saturated carbocycles. The van der Waals surface area contributed by atoms with E-state index in [1.54, 1.807) is 0 Å². The number of nitrogens with one attached hydrogen (secondary N) is 2. The number of carbonyl (C=O) groups excluding carboxylic acids is 1. The molecule has 0 aromatic heterocycles. The first-order valence-corrected chi connectivity index (χ1v) is 6.25. The Kier molecular flexibility index (Phi) is 5.53. The number of hydrogen-bond acceptors (Lipinski definition) is 2. The van der Waals surface area contributed by atoms with Crippen LogP contribution in [0.4, 0.5) is 0 Å². The van der Waals surface area contributed by atoms with Crippen LogP contribution in [0.25, 0.3) is 0 Å². The standard InChI is InChI=1S/C13H24N2O/c1-10(2)11(3)8-13(16)15-9-12-4-6-14-7-5-12/h4,10-11,14H,5-9H2,1-3H3,(H,15,16). The summed E-state index contributed by atoms with van der Waals surface area (Å²) < 4.78 is 0. The molecule has 0 fully saturated rings. The zero-order valence-corrected chi connectivity index (χ0v) is 10.7. The Hall–Kier alpha value is -0.830. The highest BCUT2D eigenvalue weighted by atomic mass is 16.1. The van der Waals surface area contributed by atoms with Crippen LogP contribution in [-0.4, -0.2) is 25.5 Å². The zero-order chi connectivity index (χ0) is 12.0. The molecule has 0 aromatic rings. The second kappa shape index (κ2) is 6.69. The van der Waals surface area contributed by atoms with E-state index < -0.39 is 0 Å². The van der Waals surface area contributed by atoms with Crippen LogP contribution in [-0.2, 0) is 4.79 Å². The van der Waals surface area contributed by atoms with Crippen LogP contribution in [0.3, 0.4) is 0 Å². The van der Waals surface area contributed by atoms with Crippen molar-refractivity contribution in [3.05, 3.63) is 11.6 Å². The minimum atomic E-state index is 0.181. The van der Waals surface area contributed by atoms with E-state index >= 15 is 0 Å². The average molecular weight is 224 g/mol. The summed E-state index contributed by atoms with van der Waals surface area (Å²) in [6.45, 7) is 9.15. The van der Waals surface area contributed by atoms with Gasteiger partial charge in [-0.1, -0.05) is 32.4 Å². The molecule has 0 radical (unpaired) electrons. The SMILES string of the molecule is CC(C)C(C)CC(=O)NCC1=CCNCC1. The van der Waals surface area contributed by atoms with Crippen molar-refractivity contribution in [2.75, 3.05) is 19.6 Å². The monoisotopic (exact) mass is 224 g/mol. The van der Waals surface area contributed by atoms with Gasteiger partial charge < -0.3 is 10.6 Å². The van der Waals surface area contributed by atoms with Gasteiger partial charge in [-0.3, -0.25) is 4.79 Å². The topological polar surface area (TPSA) is 41.1 Å². The summed E-state index contributed by atoms with van der Waals surface area (Å²) in [7, 11) is 0. The van der Waals surface area contributed by atoms with Crippen LogP contribution in [0.2, 0.25) is 0 Å². The van der Waals surface area contributed by atoms with Gasteiger partial charge >= 0.3 is 0 Å². The van der Waals surface area contributed by atoms with Gasteiger partial charge in [0.2, 0.25) is 5.91 Å². The fourth-order valence-corrected chi connectivity index (χ4v) is 1.64. The summed E-state index contributed by atoms with van der Waals surface area (Å²) in [6.07, 6.45) is 3.87. The van der Waals surface area contributed by atoms with Gasteiger partial charge in [0, 0.05) is 19.5 Å². The minimum Gasteiger partial charge on any atom is -0.352 e. The van der Waals surface area contributed by atoms with Gasteiger partial charge in [-0.15, -0.1) is 0 Å². The molecule has 1 rings (SSSR count). The predicted molar refractivity (Wildman–Crippen MR) is 67.2 cm³/mol. The number of amides is 1. The molecule has 2 N–H and O–H groups in total. The number of rotatable bonds is 5. The second-order valence-corrected chi connectivity index (χ2v) is 5.02. The lowest BCUT2D eigenvalue weighted by Crippen LogP contribution is -2.30. The Morgan fingerprint density at radius 2 is 2.25 bits per heavy atom. The van der Waals surface area contributed by atoms with E-state index in [1.165, 1.54) is 5.57 Å². The maximum Gasteiger partial charge on any atom is 0.220 e. The third-order valence-corrected chi connectivity index (χ3v) is 3.32. The highest BCUT2D eigenvalue weighted by Crippen LogP contribution is 2.13. The molecule has 1 aliphatic rings.